The van der Waals surface area contributed by atoms with Gasteiger partial charge in [-0.15, -0.1) is 0 Å². The Balaban J connectivity index is 4.71. The first kappa shape index (κ1) is 71.7. The number of esters is 3. The van der Waals surface area contributed by atoms with E-state index in [0.29, 0.717) is 19.3 Å². The van der Waals surface area contributed by atoms with Crippen molar-refractivity contribution in [3.63, 3.8) is 0 Å². The Morgan fingerprint density at radius 1 is 0.365 bits per heavy atom. The summed E-state index contributed by atoms with van der Waals surface area (Å²) in [5.41, 5.74) is 0. The first-order valence-corrected chi connectivity index (χ1v) is 32.4. The molecule has 3 atom stereocenters. The van der Waals surface area contributed by atoms with E-state index < -0.39 is 57.8 Å². The summed E-state index contributed by atoms with van der Waals surface area (Å²) in [5.74, 6) is -1.46. The molecule has 2 N–H and O–H groups in total. The molecule has 11 nitrogen and oxygen atoms in total. The largest absolute Gasteiger partial charge is 0.472 e. The van der Waals surface area contributed by atoms with Gasteiger partial charge in [-0.1, -0.05) is 224 Å². The summed E-state index contributed by atoms with van der Waals surface area (Å²) in [4.78, 5) is 48.6. The van der Waals surface area contributed by atoms with Crippen LogP contribution in [0.3, 0.4) is 0 Å². The molecule has 0 aromatic carbocycles. The van der Waals surface area contributed by atoms with Crippen molar-refractivity contribution in [1.82, 2.24) is 0 Å². The van der Waals surface area contributed by atoms with Gasteiger partial charge in [0, 0.05) is 19.3 Å². The second-order valence-electron chi connectivity index (χ2n) is 20.9. The number of phosphoric ester groups is 1. The van der Waals surface area contributed by atoms with Crippen LogP contribution in [-0.4, -0.2) is 66.5 Å². The normalized spacial score (nSPS) is 13.5. The highest BCUT2D eigenvalue weighted by atomic mass is 31.2. The molecule has 434 valence electrons. The van der Waals surface area contributed by atoms with E-state index in [1.165, 1.54) is 154 Å². The Morgan fingerprint density at radius 2 is 0.622 bits per heavy atom. The smallest absolute Gasteiger partial charge is 0.462 e. The summed E-state index contributed by atoms with van der Waals surface area (Å²) in [6.45, 7) is 4.65. The molecule has 0 saturated heterocycles. The summed E-state index contributed by atoms with van der Waals surface area (Å²) in [5, 5.41) is 9.82. The van der Waals surface area contributed by atoms with Crippen LogP contribution in [0.1, 0.15) is 303 Å². The highest BCUT2D eigenvalue weighted by Crippen LogP contribution is 2.43. The van der Waals surface area contributed by atoms with Crippen molar-refractivity contribution in [3.8, 4) is 0 Å². The van der Waals surface area contributed by atoms with Gasteiger partial charge < -0.3 is 24.2 Å². The van der Waals surface area contributed by atoms with Crippen LogP contribution < -0.4 is 0 Å². The van der Waals surface area contributed by atoms with Crippen molar-refractivity contribution in [2.24, 2.45) is 0 Å². The van der Waals surface area contributed by atoms with Gasteiger partial charge >= 0.3 is 25.7 Å². The molecule has 0 saturated carbocycles. The van der Waals surface area contributed by atoms with Crippen LogP contribution in [0.25, 0.3) is 0 Å². The van der Waals surface area contributed by atoms with Gasteiger partial charge in [0.1, 0.15) is 12.7 Å². The van der Waals surface area contributed by atoms with Gasteiger partial charge in [-0.3, -0.25) is 23.4 Å². The predicted octanol–water partition coefficient (Wildman–Crippen LogP) is 18.4. The minimum Gasteiger partial charge on any atom is -0.462 e. The van der Waals surface area contributed by atoms with Gasteiger partial charge in [-0.25, -0.2) is 4.57 Å². The number of aliphatic hydroxyl groups excluding tert-OH is 1. The summed E-state index contributed by atoms with van der Waals surface area (Å²) in [7, 11) is -4.75. The first-order chi connectivity index (χ1) is 36.2. The van der Waals surface area contributed by atoms with Gasteiger partial charge in [-0.05, 0) is 96.3 Å². The van der Waals surface area contributed by atoms with E-state index in [2.05, 4.69) is 57.2 Å². The zero-order valence-corrected chi connectivity index (χ0v) is 49.0. The summed E-state index contributed by atoms with van der Waals surface area (Å²) in [6.07, 6.45) is 59.5. The minimum atomic E-state index is -4.75. The lowest BCUT2D eigenvalue weighted by molar-refractivity contribution is -0.161. The van der Waals surface area contributed by atoms with Crippen LogP contribution in [0.2, 0.25) is 0 Å². The molecule has 0 aliphatic rings. The molecule has 0 fully saturated rings. The van der Waals surface area contributed by atoms with E-state index in [-0.39, 0.29) is 25.9 Å². The van der Waals surface area contributed by atoms with Crippen molar-refractivity contribution in [2.75, 3.05) is 26.4 Å². The molecule has 0 aromatic heterocycles. The average Bonchev–Trinajstić information content (AvgIpc) is 3.39. The van der Waals surface area contributed by atoms with Crippen molar-refractivity contribution in [2.45, 2.75) is 315 Å². The van der Waals surface area contributed by atoms with Crippen LogP contribution >= 0.6 is 7.82 Å². The Morgan fingerprint density at radius 3 is 0.946 bits per heavy atom. The molecule has 0 radical (unpaired) electrons. The van der Waals surface area contributed by atoms with E-state index in [4.69, 9.17) is 23.3 Å². The number of carbonyl (C=O) groups is 3. The molecule has 0 heterocycles. The van der Waals surface area contributed by atoms with Gasteiger partial charge in [0.2, 0.25) is 0 Å². The molecule has 0 aliphatic carbocycles. The molecule has 0 aromatic rings. The SMILES string of the molecule is CCCCCC/C=C\CCCCCCCC(=O)OC(CO)COP(=O)(O)OCC(COC(=O)CCCCCCCCC/C=C\CCCCCCCC)OC(=O)CCCCCCCCC/C=C\CCCCCCCC. The van der Waals surface area contributed by atoms with Crippen molar-refractivity contribution >= 4 is 25.7 Å². The number of aliphatic hydroxyl groups is 1. The number of carbonyl (C=O) groups excluding carboxylic acids is 3. The molecule has 0 aliphatic heterocycles. The number of phosphoric acid groups is 1. The Labute approximate surface area is 454 Å². The van der Waals surface area contributed by atoms with Crippen LogP contribution in [-0.2, 0) is 42.2 Å². The zero-order chi connectivity index (χ0) is 54.1. The van der Waals surface area contributed by atoms with E-state index in [0.717, 1.165) is 89.9 Å². The third kappa shape index (κ3) is 54.5. The lowest BCUT2D eigenvalue weighted by Crippen LogP contribution is -2.30. The number of rotatable bonds is 58. The van der Waals surface area contributed by atoms with Crippen molar-refractivity contribution < 1.29 is 52.2 Å². The standard InChI is InChI=1S/C62H115O11P/c1-4-7-10-13-16-19-22-25-27-29-31-34-36-39-42-45-48-51-60(64)69-55-59(73-62(66)53-50-47-44-41-38-35-32-30-28-26-23-20-17-14-11-8-5-2)57-71-74(67,68)70-56-58(54-63)72-61(65)52-49-46-43-40-37-33-24-21-18-15-12-9-6-3/h21,24-28,58-59,63H,4-20,22-23,29-57H2,1-3H3,(H,67,68)/b24-21-,27-25-,28-26-. The van der Waals surface area contributed by atoms with Crippen LogP contribution in [0.4, 0.5) is 0 Å². The molecule has 0 spiro atoms. The quantitative estimate of drug-likeness (QED) is 0.0197. The maximum absolute atomic E-state index is 12.9. The highest BCUT2D eigenvalue weighted by molar-refractivity contribution is 7.47. The lowest BCUT2D eigenvalue weighted by atomic mass is 10.1. The topological polar surface area (TPSA) is 155 Å². The van der Waals surface area contributed by atoms with Crippen LogP contribution in [0.5, 0.6) is 0 Å². The van der Waals surface area contributed by atoms with Crippen LogP contribution in [0.15, 0.2) is 36.5 Å². The third-order valence-electron chi connectivity index (χ3n) is 13.5. The molecule has 0 amide bonds. The number of ether oxygens (including phenoxy) is 3. The third-order valence-corrected chi connectivity index (χ3v) is 14.5. The molecule has 0 bridgehead atoms. The van der Waals surface area contributed by atoms with Gasteiger partial charge in [-0.2, -0.15) is 0 Å². The zero-order valence-electron chi connectivity index (χ0n) is 48.1. The van der Waals surface area contributed by atoms with E-state index in [9.17, 15) is 28.9 Å². The van der Waals surface area contributed by atoms with Gasteiger partial charge in [0.15, 0.2) is 6.10 Å². The number of hydrogen-bond acceptors (Lipinski definition) is 10. The highest BCUT2D eigenvalue weighted by Gasteiger charge is 2.28. The van der Waals surface area contributed by atoms with Gasteiger partial charge in [0.25, 0.3) is 0 Å². The predicted molar refractivity (Wildman–Crippen MR) is 307 cm³/mol. The monoisotopic (exact) mass is 1070 g/mol. The molecular weight excluding hydrogens is 952 g/mol. The first-order valence-electron chi connectivity index (χ1n) is 30.9. The van der Waals surface area contributed by atoms with E-state index >= 15 is 0 Å². The fourth-order valence-corrected chi connectivity index (χ4v) is 9.54. The second kappa shape index (κ2) is 56.9. The van der Waals surface area contributed by atoms with Crippen LogP contribution in [0, 0.1) is 0 Å². The molecular formula is C62H115O11P. The number of hydrogen-bond donors (Lipinski definition) is 2. The van der Waals surface area contributed by atoms with E-state index in [1.807, 2.05) is 0 Å². The average molecular weight is 1070 g/mol. The second-order valence-corrected chi connectivity index (χ2v) is 22.3. The van der Waals surface area contributed by atoms with Gasteiger partial charge in [0.05, 0.1) is 19.8 Å². The molecule has 0 rings (SSSR count). The van der Waals surface area contributed by atoms with Crippen molar-refractivity contribution in [1.29, 1.82) is 0 Å². The maximum Gasteiger partial charge on any atom is 0.472 e. The Kier molecular flexibility index (Phi) is 55.1. The number of allylic oxidation sites excluding steroid dienone is 6. The molecule has 12 heteroatoms. The van der Waals surface area contributed by atoms with E-state index in [1.54, 1.807) is 0 Å². The summed E-state index contributed by atoms with van der Waals surface area (Å²) < 4.78 is 39.6. The molecule has 74 heavy (non-hydrogen) atoms. The Bertz CT molecular complexity index is 1380. The lowest BCUT2D eigenvalue weighted by Gasteiger charge is -2.21. The molecule has 3 unspecified atom stereocenters. The fourth-order valence-electron chi connectivity index (χ4n) is 8.75. The Hall–Kier alpha value is -2.30. The summed E-state index contributed by atoms with van der Waals surface area (Å²) in [6, 6.07) is 0. The maximum atomic E-state index is 12.9. The minimum absolute atomic E-state index is 0.164. The summed E-state index contributed by atoms with van der Waals surface area (Å²) >= 11 is 0. The fraction of sp³-hybridized carbons (Fsp3) is 0.855. The van der Waals surface area contributed by atoms with Crippen molar-refractivity contribution in [3.05, 3.63) is 36.5 Å². The number of unbranched alkanes of at least 4 members (excludes halogenated alkanes) is 35.